The summed E-state index contributed by atoms with van der Waals surface area (Å²) in [6.45, 7) is 1.71. The van der Waals surface area contributed by atoms with Gasteiger partial charge in [-0.05, 0) is 36.9 Å². The molecule has 0 unspecified atom stereocenters. The fourth-order valence-corrected chi connectivity index (χ4v) is 3.55. The van der Waals surface area contributed by atoms with Crippen LogP contribution in [0, 0.1) is 0 Å². The number of rotatable bonds is 2. The van der Waals surface area contributed by atoms with Crippen LogP contribution in [0.25, 0.3) is 11.1 Å². The number of benzene rings is 1. The van der Waals surface area contributed by atoms with Gasteiger partial charge in [0, 0.05) is 30.8 Å². The molecule has 136 valence electrons. The third kappa shape index (κ3) is 3.30. The Labute approximate surface area is 157 Å². The second kappa shape index (κ2) is 7.05. The van der Waals surface area contributed by atoms with E-state index < -0.39 is 5.97 Å². The zero-order valence-electron chi connectivity index (χ0n) is 14.0. The normalized spacial score (nSPS) is 17.8. The summed E-state index contributed by atoms with van der Waals surface area (Å²) in [4.78, 5) is 27.8. The second-order valence-corrected chi connectivity index (χ2v) is 6.61. The summed E-state index contributed by atoms with van der Waals surface area (Å²) in [5.74, 6) is -0.337. The topological polar surface area (TPSA) is 88.5 Å². The van der Waals surface area contributed by atoms with E-state index in [1.807, 2.05) is 6.07 Å². The highest BCUT2D eigenvalue weighted by molar-refractivity contribution is 6.01. The summed E-state index contributed by atoms with van der Waals surface area (Å²) in [5, 5.41) is 12.4. The zero-order chi connectivity index (χ0) is 17.4. The van der Waals surface area contributed by atoms with Crippen molar-refractivity contribution in [3.8, 4) is 16.9 Å². The molecule has 0 radical (unpaired) electrons. The van der Waals surface area contributed by atoms with E-state index in [4.69, 9.17) is 9.84 Å². The summed E-state index contributed by atoms with van der Waals surface area (Å²) in [5.41, 5.74) is 1.71. The highest BCUT2D eigenvalue weighted by Crippen LogP contribution is 2.39. The van der Waals surface area contributed by atoms with Crippen molar-refractivity contribution < 1.29 is 19.4 Å². The number of nitrogens with one attached hydrogen (secondary N) is 1. The third-order valence-electron chi connectivity index (χ3n) is 4.92. The first-order chi connectivity index (χ1) is 12.1. The number of carboxylic acids is 1. The first-order valence-corrected chi connectivity index (χ1v) is 8.32. The number of carbonyl (C=O) groups is 2. The van der Waals surface area contributed by atoms with Crippen molar-refractivity contribution in [3.05, 3.63) is 47.8 Å². The number of aromatic nitrogens is 1. The van der Waals surface area contributed by atoms with Crippen LogP contribution in [0.15, 0.2) is 36.7 Å². The van der Waals surface area contributed by atoms with E-state index in [0.29, 0.717) is 23.3 Å². The van der Waals surface area contributed by atoms with Crippen LogP contribution >= 0.6 is 12.4 Å². The van der Waals surface area contributed by atoms with E-state index in [2.05, 4.69) is 10.3 Å². The lowest BCUT2D eigenvalue weighted by Gasteiger charge is -2.41. The first kappa shape index (κ1) is 18.4. The molecule has 0 aliphatic carbocycles. The number of piperidine rings is 1. The summed E-state index contributed by atoms with van der Waals surface area (Å²) in [6, 6.07) is 6.97. The van der Waals surface area contributed by atoms with E-state index in [1.54, 1.807) is 24.4 Å². The number of ether oxygens (including phenoxy) is 1. The van der Waals surface area contributed by atoms with Gasteiger partial charge in [-0.3, -0.25) is 9.78 Å². The van der Waals surface area contributed by atoms with Crippen LogP contribution in [-0.4, -0.2) is 40.5 Å². The van der Waals surface area contributed by atoms with E-state index in [0.717, 1.165) is 31.5 Å². The van der Waals surface area contributed by atoms with Gasteiger partial charge in [0.25, 0.3) is 0 Å². The highest BCUT2D eigenvalue weighted by Gasteiger charge is 2.41. The Hall–Kier alpha value is -2.44. The number of carboxylic acid groups (broad SMARTS) is 1. The first-order valence-electron chi connectivity index (χ1n) is 8.32. The molecule has 2 aliphatic rings. The van der Waals surface area contributed by atoms with E-state index in [-0.39, 0.29) is 29.4 Å². The monoisotopic (exact) mass is 374 g/mol. The van der Waals surface area contributed by atoms with Gasteiger partial charge < -0.3 is 15.2 Å². The molecule has 26 heavy (non-hydrogen) atoms. The zero-order valence-corrected chi connectivity index (χ0v) is 14.8. The maximum atomic E-state index is 12.7. The molecular weight excluding hydrogens is 356 g/mol. The molecule has 1 aromatic heterocycles. The quantitative estimate of drug-likeness (QED) is 0.840. The molecule has 7 heteroatoms. The number of halogens is 1. The van der Waals surface area contributed by atoms with Crippen molar-refractivity contribution in [1.29, 1.82) is 0 Å². The Morgan fingerprint density at radius 2 is 1.92 bits per heavy atom. The van der Waals surface area contributed by atoms with Gasteiger partial charge in [-0.25, -0.2) is 4.79 Å². The fraction of sp³-hybridized carbons (Fsp3) is 0.316. The molecule has 0 bridgehead atoms. The van der Waals surface area contributed by atoms with Gasteiger partial charge in [0.2, 0.25) is 0 Å². The fourth-order valence-electron chi connectivity index (χ4n) is 3.55. The Balaban J connectivity index is 0.00000196. The van der Waals surface area contributed by atoms with Crippen molar-refractivity contribution >= 4 is 24.2 Å². The summed E-state index contributed by atoms with van der Waals surface area (Å²) in [7, 11) is 0. The Bertz CT molecular complexity index is 862. The van der Waals surface area contributed by atoms with Crippen molar-refractivity contribution in [2.24, 2.45) is 0 Å². The molecule has 0 saturated carbocycles. The largest absolute Gasteiger partial charge is 0.486 e. The van der Waals surface area contributed by atoms with Gasteiger partial charge >= 0.3 is 5.97 Å². The van der Waals surface area contributed by atoms with Gasteiger partial charge in [0.1, 0.15) is 11.4 Å². The molecule has 1 fully saturated rings. The minimum atomic E-state index is -1.03. The average molecular weight is 375 g/mol. The second-order valence-electron chi connectivity index (χ2n) is 6.61. The van der Waals surface area contributed by atoms with Crippen LogP contribution in [0.3, 0.4) is 0 Å². The number of nitrogens with zero attached hydrogens (tertiary/aromatic N) is 1. The van der Waals surface area contributed by atoms with Crippen LogP contribution in [-0.2, 0) is 0 Å². The molecule has 2 aliphatic heterocycles. The van der Waals surface area contributed by atoms with Crippen LogP contribution in [0.4, 0.5) is 0 Å². The molecule has 1 aromatic carbocycles. The minimum Gasteiger partial charge on any atom is -0.486 e. The van der Waals surface area contributed by atoms with Crippen LogP contribution in [0.2, 0.25) is 0 Å². The molecule has 1 saturated heterocycles. The van der Waals surface area contributed by atoms with Gasteiger partial charge in [-0.15, -0.1) is 12.4 Å². The van der Waals surface area contributed by atoms with Crippen LogP contribution < -0.4 is 10.1 Å². The van der Waals surface area contributed by atoms with Gasteiger partial charge in [-0.1, -0.05) is 6.07 Å². The maximum absolute atomic E-state index is 12.7. The molecule has 2 aromatic rings. The lowest BCUT2D eigenvalue weighted by molar-refractivity contribution is 0.0187. The van der Waals surface area contributed by atoms with Crippen LogP contribution in [0.5, 0.6) is 5.75 Å². The predicted octanol–water partition coefficient (Wildman–Crippen LogP) is 2.96. The number of aromatic carboxylic acids is 1. The van der Waals surface area contributed by atoms with Crippen molar-refractivity contribution in [2.45, 2.75) is 24.9 Å². The number of carbonyl (C=O) groups excluding carboxylic acids is 1. The predicted molar refractivity (Wildman–Crippen MR) is 98.3 cm³/mol. The Morgan fingerprint density at radius 1 is 1.15 bits per heavy atom. The molecule has 1 spiro atoms. The summed E-state index contributed by atoms with van der Waals surface area (Å²) < 4.78 is 6.21. The number of hydrogen-bond donors (Lipinski definition) is 2. The molecule has 0 amide bonds. The molecule has 4 rings (SSSR count). The number of hydrogen-bond acceptors (Lipinski definition) is 5. The third-order valence-corrected chi connectivity index (χ3v) is 4.92. The van der Waals surface area contributed by atoms with Crippen molar-refractivity contribution in [2.75, 3.05) is 13.1 Å². The highest BCUT2D eigenvalue weighted by atomic mass is 35.5. The summed E-state index contributed by atoms with van der Waals surface area (Å²) >= 11 is 0. The van der Waals surface area contributed by atoms with Crippen molar-refractivity contribution in [1.82, 2.24) is 10.3 Å². The standard InChI is InChI=1S/C19H18N2O4.ClH/c22-16-9-19(3-5-20-6-4-19)25-17-2-1-12(8-15(16)17)13-7-14(18(23)24)11-21-10-13;/h1-2,7-8,10-11,20H,3-6,9H2,(H,23,24);1H. The summed E-state index contributed by atoms with van der Waals surface area (Å²) in [6.07, 6.45) is 4.93. The maximum Gasteiger partial charge on any atom is 0.337 e. The van der Waals surface area contributed by atoms with Gasteiger partial charge in [0.05, 0.1) is 17.5 Å². The van der Waals surface area contributed by atoms with Crippen molar-refractivity contribution in [3.63, 3.8) is 0 Å². The Morgan fingerprint density at radius 3 is 2.65 bits per heavy atom. The van der Waals surface area contributed by atoms with Gasteiger partial charge in [0.15, 0.2) is 5.78 Å². The molecule has 2 N–H and O–H groups in total. The van der Waals surface area contributed by atoms with E-state index in [9.17, 15) is 9.59 Å². The lowest BCUT2D eigenvalue weighted by atomic mass is 9.82. The van der Waals surface area contributed by atoms with Crippen LogP contribution in [0.1, 0.15) is 40.0 Å². The lowest BCUT2D eigenvalue weighted by Crippen LogP contribution is -2.49. The molecule has 6 nitrogen and oxygen atoms in total. The SMILES string of the molecule is Cl.O=C(O)c1cncc(-c2ccc3c(c2)C(=O)CC2(CCNCC2)O3)c1. The van der Waals surface area contributed by atoms with E-state index in [1.165, 1.54) is 6.20 Å². The molecular formula is C19H19ClN2O4. The number of pyridine rings is 1. The smallest absolute Gasteiger partial charge is 0.337 e. The molecule has 3 heterocycles. The molecule has 0 atom stereocenters. The number of fused-ring (bicyclic) bond motifs is 1. The number of ketones is 1. The van der Waals surface area contributed by atoms with E-state index >= 15 is 0 Å². The van der Waals surface area contributed by atoms with Gasteiger partial charge in [-0.2, -0.15) is 0 Å². The number of Topliss-reactive ketones (excluding diaryl/α,β-unsaturated/α-hetero) is 1. The minimum absolute atomic E-state index is 0. The Kier molecular flexibility index (Phi) is 4.98. The average Bonchev–Trinajstić information content (AvgIpc) is 2.62.